The van der Waals surface area contributed by atoms with E-state index in [1.807, 2.05) is 30.3 Å². The molecule has 0 radical (unpaired) electrons. The average Bonchev–Trinajstić information content (AvgIpc) is 3.20. The molecule has 4 rings (SSSR count). The molecule has 1 aliphatic rings. The van der Waals surface area contributed by atoms with Gasteiger partial charge >= 0.3 is 0 Å². The third-order valence-corrected chi connectivity index (χ3v) is 4.95. The van der Waals surface area contributed by atoms with Crippen LogP contribution in [0.5, 0.6) is 17.2 Å². The summed E-state index contributed by atoms with van der Waals surface area (Å²) in [6.45, 7) is 3.41. The summed E-state index contributed by atoms with van der Waals surface area (Å²) < 4.78 is 22.5. The van der Waals surface area contributed by atoms with Gasteiger partial charge in [-0.2, -0.15) is 4.98 Å². The van der Waals surface area contributed by atoms with Crippen LogP contribution in [-0.2, 0) is 0 Å². The first-order valence-electron chi connectivity index (χ1n) is 9.58. The van der Waals surface area contributed by atoms with Crippen molar-refractivity contribution in [1.29, 1.82) is 0 Å². The molecule has 152 valence electrons. The summed E-state index contributed by atoms with van der Waals surface area (Å²) in [4.78, 5) is 11.1. The first-order valence-corrected chi connectivity index (χ1v) is 9.58. The van der Waals surface area contributed by atoms with Crippen molar-refractivity contribution < 1.29 is 18.7 Å². The van der Waals surface area contributed by atoms with Gasteiger partial charge in [0.25, 0.3) is 5.89 Å². The Morgan fingerprint density at radius 1 is 1.03 bits per heavy atom. The first-order chi connectivity index (χ1) is 14.2. The summed E-state index contributed by atoms with van der Waals surface area (Å²) in [7, 11) is 3.26. The van der Waals surface area contributed by atoms with Gasteiger partial charge in [-0.15, -0.1) is 0 Å². The number of aryl methyl sites for hydroxylation is 1. The molecule has 3 aromatic rings. The van der Waals surface area contributed by atoms with Gasteiger partial charge in [0.05, 0.1) is 19.8 Å². The number of ether oxygens (including phenoxy) is 3. The van der Waals surface area contributed by atoms with E-state index in [1.54, 1.807) is 27.3 Å². The maximum atomic E-state index is 6.26. The first kappa shape index (κ1) is 19.0. The van der Waals surface area contributed by atoms with Crippen LogP contribution in [0.2, 0.25) is 0 Å². The molecule has 0 saturated carbocycles. The van der Waals surface area contributed by atoms with Crippen LogP contribution >= 0.6 is 0 Å². The fourth-order valence-electron chi connectivity index (χ4n) is 3.51. The monoisotopic (exact) mass is 396 g/mol. The van der Waals surface area contributed by atoms with Crippen molar-refractivity contribution in [2.45, 2.75) is 25.9 Å². The molecule has 0 N–H and O–H groups in total. The van der Waals surface area contributed by atoms with Gasteiger partial charge in [0.2, 0.25) is 5.75 Å². The molecule has 1 fully saturated rings. The second-order valence-electron chi connectivity index (χ2n) is 6.82. The smallest absolute Gasteiger partial charge is 0.261 e. The molecular formula is C21H24N4O4. The predicted molar refractivity (Wildman–Crippen MR) is 108 cm³/mol. The van der Waals surface area contributed by atoms with E-state index in [9.17, 15) is 0 Å². The zero-order valence-electron chi connectivity index (χ0n) is 16.8. The van der Waals surface area contributed by atoms with Gasteiger partial charge in [0.1, 0.15) is 11.9 Å². The van der Waals surface area contributed by atoms with Crippen molar-refractivity contribution >= 4 is 5.82 Å². The van der Waals surface area contributed by atoms with E-state index in [0.29, 0.717) is 29.0 Å². The topological polar surface area (TPSA) is 82.7 Å². The fourth-order valence-corrected chi connectivity index (χ4v) is 3.51. The Morgan fingerprint density at radius 2 is 1.76 bits per heavy atom. The lowest BCUT2D eigenvalue weighted by atomic mass is 10.1. The molecule has 29 heavy (non-hydrogen) atoms. The number of benzene rings is 1. The van der Waals surface area contributed by atoms with Gasteiger partial charge in [-0.05, 0) is 31.2 Å². The van der Waals surface area contributed by atoms with E-state index < -0.39 is 0 Å². The SMILES string of the molecule is COc1cccc(OC)c1OC1CCN(c2ncccc2-c2nc(C)no2)CC1. The van der Waals surface area contributed by atoms with E-state index in [2.05, 4.69) is 20.0 Å². The van der Waals surface area contributed by atoms with Gasteiger partial charge in [0.15, 0.2) is 17.3 Å². The summed E-state index contributed by atoms with van der Waals surface area (Å²) in [5.74, 6) is 3.94. The van der Waals surface area contributed by atoms with Crippen LogP contribution in [0.4, 0.5) is 5.82 Å². The van der Waals surface area contributed by atoms with Crippen molar-refractivity contribution in [3.8, 4) is 28.7 Å². The Labute approximate surface area is 169 Å². The Bertz CT molecular complexity index is 945. The summed E-state index contributed by atoms with van der Waals surface area (Å²) in [6, 6.07) is 9.47. The van der Waals surface area contributed by atoms with Crippen molar-refractivity contribution in [3.63, 3.8) is 0 Å². The minimum atomic E-state index is 0.0641. The molecule has 8 nitrogen and oxygen atoms in total. The molecule has 0 bridgehead atoms. The van der Waals surface area contributed by atoms with Crippen molar-refractivity contribution in [2.24, 2.45) is 0 Å². The number of anilines is 1. The quantitative estimate of drug-likeness (QED) is 0.626. The van der Waals surface area contributed by atoms with E-state index >= 15 is 0 Å². The third-order valence-electron chi connectivity index (χ3n) is 4.95. The van der Waals surface area contributed by atoms with Crippen LogP contribution in [0.15, 0.2) is 41.1 Å². The van der Waals surface area contributed by atoms with Crippen molar-refractivity contribution in [1.82, 2.24) is 15.1 Å². The molecule has 8 heteroatoms. The van der Waals surface area contributed by atoms with E-state index in [-0.39, 0.29) is 6.10 Å². The molecular weight excluding hydrogens is 372 g/mol. The van der Waals surface area contributed by atoms with Crippen LogP contribution in [0.3, 0.4) is 0 Å². The van der Waals surface area contributed by atoms with Crippen LogP contribution in [0.25, 0.3) is 11.5 Å². The number of methoxy groups -OCH3 is 2. The van der Waals surface area contributed by atoms with E-state index in [0.717, 1.165) is 37.3 Å². The Morgan fingerprint density at radius 3 is 2.38 bits per heavy atom. The zero-order valence-corrected chi connectivity index (χ0v) is 16.8. The van der Waals surface area contributed by atoms with Gasteiger partial charge in [-0.3, -0.25) is 0 Å². The number of aromatic nitrogens is 3. The Hall–Kier alpha value is -3.29. The number of pyridine rings is 1. The number of nitrogens with zero attached hydrogens (tertiary/aromatic N) is 4. The highest BCUT2D eigenvalue weighted by Crippen LogP contribution is 2.39. The number of hydrogen-bond donors (Lipinski definition) is 0. The summed E-state index contributed by atoms with van der Waals surface area (Å²) in [6.07, 6.45) is 3.54. The predicted octanol–water partition coefficient (Wildman–Crippen LogP) is 3.51. The summed E-state index contributed by atoms with van der Waals surface area (Å²) in [5, 5.41) is 3.89. The van der Waals surface area contributed by atoms with Crippen LogP contribution in [0, 0.1) is 6.92 Å². The number of piperidine rings is 1. The lowest BCUT2D eigenvalue weighted by Gasteiger charge is -2.34. The Kier molecular flexibility index (Phi) is 5.50. The molecule has 0 amide bonds. The van der Waals surface area contributed by atoms with Crippen LogP contribution < -0.4 is 19.1 Å². The molecule has 0 aliphatic carbocycles. The van der Waals surface area contributed by atoms with Gasteiger partial charge in [-0.25, -0.2) is 4.98 Å². The molecule has 0 spiro atoms. The number of rotatable bonds is 6. The van der Waals surface area contributed by atoms with Gasteiger partial charge in [-0.1, -0.05) is 11.2 Å². The normalized spacial score (nSPS) is 14.7. The second-order valence-corrected chi connectivity index (χ2v) is 6.82. The highest BCUT2D eigenvalue weighted by atomic mass is 16.5. The standard InChI is InChI=1S/C21H24N4O4/c1-14-23-21(29-24-14)16-6-5-11-22-20(16)25-12-9-15(10-13-25)28-19-17(26-2)7-4-8-18(19)27-3/h4-8,11,15H,9-10,12-13H2,1-3H3. The second kappa shape index (κ2) is 8.38. The molecule has 2 aromatic heterocycles. The minimum absolute atomic E-state index is 0.0641. The van der Waals surface area contributed by atoms with Gasteiger partial charge < -0.3 is 23.6 Å². The van der Waals surface area contributed by atoms with Gasteiger partial charge in [0, 0.05) is 32.1 Å². The molecule has 1 aromatic carbocycles. The van der Waals surface area contributed by atoms with Crippen LogP contribution in [-0.4, -0.2) is 48.5 Å². The summed E-state index contributed by atoms with van der Waals surface area (Å²) in [5.41, 5.74) is 0.846. The highest BCUT2D eigenvalue weighted by Gasteiger charge is 2.26. The van der Waals surface area contributed by atoms with Crippen molar-refractivity contribution in [2.75, 3.05) is 32.2 Å². The van der Waals surface area contributed by atoms with Crippen molar-refractivity contribution in [3.05, 3.63) is 42.4 Å². The van der Waals surface area contributed by atoms with Crippen LogP contribution in [0.1, 0.15) is 18.7 Å². The number of hydrogen-bond acceptors (Lipinski definition) is 8. The molecule has 0 atom stereocenters. The molecule has 3 heterocycles. The zero-order chi connectivity index (χ0) is 20.2. The largest absolute Gasteiger partial charge is 0.493 e. The lowest BCUT2D eigenvalue weighted by molar-refractivity contribution is 0.158. The third kappa shape index (κ3) is 3.96. The molecule has 0 unspecified atom stereocenters. The average molecular weight is 396 g/mol. The fraction of sp³-hybridized carbons (Fsp3) is 0.381. The molecule has 1 aliphatic heterocycles. The summed E-state index contributed by atoms with van der Waals surface area (Å²) >= 11 is 0. The molecule has 1 saturated heterocycles. The van der Waals surface area contributed by atoms with E-state index in [4.69, 9.17) is 18.7 Å². The lowest BCUT2D eigenvalue weighted by Crippen LogP contribution is -2.39. The Balaban J connectivity index is 1.48. The van der Waals surface area contributed by atoms with E-state index in [1.165, 1.54) is 0 Å². The maximum absolute atomic E-state index is 6.26. The number of para-hydroxylation sites is 1. The minimum Gasteiger partial charge on any atom is -0.493 e. The maximum Gasteiger partial charge on any atom is 0.261 e. The highest BCUT2D eigenvalue weighted by molar-refractivity contribution is 5.69.